The van der Waals surface area contributed by atoms with Gasteiger partial charge in [-0.25, -0.2) is 0 Å². The molecule has 0 heterocycles. The number of hydrogen-bond acceptors (Lipinski definition) is 2. The molecule has 0 aliphatic rings. The van der Waals surface area contributed by atoms with Crippen molar-refractivity contribution in [3.8, 4) is 0 Å². The van der Waals surface area contributed by atoms with Crippen LogP contribution in [0.2, 0.25) is 0 Å². The third-order valence-corrected chi connectivity index (χ3v) is 2.34. The standard InChI is InChI=1S/C12H16F2N2O.ClH/c13-12(14,10-6-2-1-3-7-10)11(17)16-9-5-4-8-15;/h1-3,6-7H,4-5,8-9,15H2,(H,16,17);1H. The maximum atomic E-state index is 13.6. The molecule has 1 aromatic rings. The molecule has 0 atom stereocenters. The number of alkyl halides is 2. The minimum absolute atomic E-state index is 0. The van der Waals surface area contributed by atoms with Crippen molar-refractivity contribution in [3.05, 3.63) is 35.9 Å². The van der Waals surface area contributed by atoms with Crippen LogP contribution in [0, 0.1) is 0 Å². The van der Waals surface area contributed by atoms with Crippen molar-refractivity contribution in [1.82, 2.24) is 5.32 Å². The van der Waals surface area contributed by atoms with Crippen molar-refractivity contribution in [3.63, 3.8) is 0 Å². The van der Waals surface area contributed by atoms with Crippen LogP contribution in [0.1, 0.15) is 18.4 Å². The van der Waals surface area contributed by atoms with Crippen molar-refractivity contribution in [2.75, 3.05) is 13.1 Å². The van der Waals surface area contributed by atoms with Crippen LogP contribution in [0.3, 0.4) is 0 Å². The molecule has 3 N–H and O–H groups in total. The zero-order chi connectivity index (χ0) is 12.7. The van der Waals surface area contributed by atoms with Crippen LogP contribution >= 0.6 is 12.4 Å². The highest BCUT2D eigenvalue weighted by molar-refractivity contribution is 5.85. The van der Waals surface area contributed by atoms with Gasteiger partial charge in [0.15, 0.2) is 0 Å². The molecule has 0 fully saturated rings. The fraction of sp³-hybridized carbons (Fsp3) is 0.417. The summed E-state index contributed by atoms with van der Waals surface area (Å²) in [5.41, 5.74) is 4.97. The van der Waals surface area contributed by atoms with Gasteiger partial charge in [-0.2, -0.15) is 8.78 Å². The summed E-state index contributed by atoms with van der Waals surface area (Å²) in [6, 6.07) is 7.05. The van der Waals surface area contributed by atoms with E-state index in [0.29, 0.717) is 19.4 Å². The molecule has 0 bridgehead atoms. The van der Waals surface area contributed by atoms with E-state index in [4.69, 9.17) is 5.73 Å². The number of benzene rings is 1. The lowest BCUT2D eigenvalue weighted by molar-refractivity contribution is -0.147. The van der Waals surface area contributed by atoms with Gasteiger partial charge in [-0.1, -0.05) is 30.3 Å². The molecule has 0 radical (unpaired) electrons. The van der Waals surface area contributed by atoms with Crippen LogP contribution in [0.5, 0.6) is 0 Å². The Balaban J connectivity index is 0.00000289. The molecule has 0 saturated carbocycles. The highest BCUT2D eigenvalue weighted by Gasteiger charge is 2.40. The lowest BCUT2D eigenvalue weighted by Gasteiger charge is -2.16. The second kappa shape index (κ2) is 8.00. The summed E-state index contributed by atoms with van der Waals surface area (Å²) in [6.45, 7) is 0.712. The van der Waals surface area contributed by atoms with Crippen molar-refractivity contribution < 1.29 is 13.6 Å². The molecule has 0 unspecified atom stereocenters. The molecule has 102 valence electrons. The van der Waals surface area contributed by atoms with E-state index < -0.39 is 11.8 Å². The molecule has 1 rings (SSSR count). The monoisotopic (exact) mass is 278 g/mol. The fourth-order valence-electron chi connectivity index (χ4n) is 1.36. The molecule has 1 amide bonds. The largest absolute Gasteiger partial charge is 0.351 e. The van der Waals surface area contributed by atoms with Gasteiger partial charge in [0, 0.05) is 12.1 Å². The summed E-state index contributed by atoms with van der Waals surface area (Å²) in [5.74, 6) is -4.75. The Morgan fingerprint density at radius 1 is 1.22 bits per heavy atom. The third kappa shape index (κ3) is 4.58. The number of halogens is 3. The van der Waals surface area contributed by atoms with E-state index in [1.807, 2.05) is 0 Å². The first-order valence-electron chi connectivity index (χ1n) is 5.50. The first kappa shape index (κ1) is 16.8. The van der Waals surface area contributed by atoms with E-state index in [-0.39, 0.29) is 24.5 Å². The number of nitrogens with one attached hydrogen (secondary N) is 1. The van der Waals surface area contributed by atoms with Gasteiger partial charge in [0.2, 0.25) is 0 Å². The van der Waals surface area contributed by atoms with Crippen molar-refractivity contribution in [2.45, 2.75) is 18.8 Å². The number of unbranched alkanes of at least 4 members (excludes halogenated alkanes) is 1. The first-order chi connectivity index (χ1) is 8.09. The molecule has 0 aliphatic carbocycles. The summed E-state index contributed by atoms with van der Waals surface area (Å²) in [6.07, 6.45) is 1.31. The van der Waals surface area contributed by atoms with Crippen molar-refractivity contribution in [1.29, 1.82) is 0 Å². The van der Waals surface area contributed by atoms with Gasteiger partial charge >= 0.3 is 5.92 Å². The van der Waals surface area contributed by atoms with Gasteiger partial charge in [0.05, 0.1) is 0 Å². The van der Waals surface area contributed by atoms with Gasteiger partial charge in [0.25, 0.3) is 5.91 Å². The molecular formula is C12H17ClF2N2O. The smallest absolute Gasteiger partial charge is 0.349 e. The molecule has 1 aromatic carbocycles. The van der Waals surface area contributed by atoms with Crippen LogP contribution in [0.15, 0.2) is 30.3 Å². The SMILES string of the molecule is Cl.NCCCCNC(=O)C(F)(F)c1ccccc1. The molecule has 3 nitrogen and oxygen atoms in total. The molecule has 0 spiro atoms. The molecule has 18 heavy (non-hydrogen) atoms. The van der Waals surface area contributed by atoms with E-state index in [0.717, 1.165) is 0 Å². The highest BCUT2D eigenvalue weighted by Crippen LogP contribution is 2.27. The second-order valence-electron chi connectivity index (χ2n) is 3.69. The summed E-state index contributed by atoms with van der Waals surface area (Å²) < 4.78 is 27.2. The van der Waals surface area contributed by atoms with Crippen LogP contribution in [-0.2, 0) is 10.7 Å². The van der Waals surface area contributed by atoms with Gasteiger partial charge in [-0.15, -0.1) is 12.4 Å². The molecule has 0 saturated heterocycles. The Kier molecular flexibility index (Phi) is 7.47. The Hall–Kier alpha value is -1.20. The van der Waals surface area contributed by atoms with Gasteiger partial charge in [-0.05, 0) is 19.4 Å². The molecule has 0 aliphatic heterocycles. The number of amides is 1. The van der Waals surface area contributed by atoms with E-state index >= 15 is 0 Å². The minimum Gasteiger partial charge on any atom is -0.351 e. The normalized spacial score (nSPS) is 10.6. The van der Waals surface area contributed by atoms with Gasteiger partial charge in [0.1, 0.15) is 0 Å². The number of hydrogen-bond donors (Lipinski definition) is 2. The van der Waals surface area contributed by atoms with Gasteiger partial charge in [-0.3, -0.25) is 4.79 Å². The van der Waals surface area contributed by atoms with E-state index in [1.165, 1.54) is 24.3 Å². The second-order valence-corrected chi connectivity index (χ2v) is 3.69. The van der Waals surface area contributed by atoms with E-state index in [2.05, 4.69) is 5.32 Å². The predicted octanol–water partition coefficient (Wildman–Crippen LogP) is 2.06. The average molecular weight is 279 g/mol. The van der Waals surface area contributed by atoms with E-state index in [9.17, 15) is 13.6 Å². The lowest BCUT2D eigenvalue weighted by atomic mass is 10.1. The van der Waals surface area contributed by atoms with Gasteiger partial charge < -0.3 is 11.1 Å². The maximum absolute atomic E-state index is 13.6. The highest BCUT2D eigenvalue weighted by atomic mass is 35.5. The maximum Gasteiger partial charge on any atom is 0.349 e. The Morgan fingerprint density at radius 2 is 1.83 bits per heavy atom. The quantitative estimate of drug-likeness (QED) is 0.783. The van der Waals surface area contributed by atoms with Crippen LogP contribution in [-0.4, -0.2) is 19.0 Å². The summed E-state index contributed by atoms with van der Waals surface area (Å²) in [5, 5.41) is 2.21. The zero-order valence-corrected chi connectivity index (χ0v) is 10.7. The van der Waals surface area contributed by atoms with Crippen LogP contribution in [0.25, 0.3) is 0 Å². The van der Waals surface area contributed by atoms with E-state index in [1.54, 1.807) is 6.07 Å². The zero-order valence-electron chi connectivity index (χ0n) is 9.86. The predicted molar refractivity (Wildman–Crippen MR) is 68.9 cm³/mol. The third-order valence-electron chi connectivity index (χ3n) is 2.34. The summed E-state index contributed by atoms with van der Waals surface area (Å²) in [4.78, 5) is 11.3. The van der Waals surface area contributed by atoms with Crippen molar-refractivity contribution in [2.24, 2.45) is 5.73 Å². The Labute approximate surface area is 111 Å². The summed E-state index contributed by atoms with van der Waals surface area (Å²) >= 11 is 0. The Morgan fingerprint density at radius 3 is 2.39 bits per heavy atom. The number of carbonyl (C=O) groups is 1. The Bertz CT molecular complexity index is 360. The number of nitrogens with two attached hydrogens (primary N) is 1. The minimum atomic E-state index is -3.48. The molecule has 0 aromatic heterocycles. The first-order valence-corrected chi connectivity index (χ1v) is 5.50. The fourth-order valence-corrected chi connectivity index (χ4v) is 1.36. The number of rotatable bonds is 6. The average Bonchev–Trinajstić information content (AvgIpc) is 2.35. The molecule has 6 heteroatoms. The van der Waals surface area contributed by atoms with Crippen molar-refractivity contribution >= 4 is 18.3 Å². The molecular weight excluding hydrogens is 262 g/mol. The van der Waals surface area contributed by atoms with Crippen LogP contribution in [0.4, 0.5) is 8.78 Å². The topological polar surface area (TPSA) is 55.1 Å². The van der Waals surface area contributed by atoms with Crippen LogP contribution < -0.4 is 11.1 Å². The lowest BCUT2D eigenvalue weighted by Crippen LogP contribution is -2.38. The summed E-state index contributed by atoms with van der Waals surface area (Å²) in [7, 11) is 0. The number of carbonyl (C=O) groups excluding carboxylic acids is 1.